The maximum absolute atomic E-state index is 9.55. The minimum atomic E-state index is -1.26. The van der Waals surface area contributed by atoms with E-state index in [1.165, 1.54) is 35.2 Å². The summed E-state index contributed by atoms with van der Waals surface area (Å²) in [6.45, 7) is 3.06. The first-order valence-electron chi connectivity index (χ1n) is 9.48. The number of nitrogens with one attached hydrogen (secondary N) is 1. The molecule has 1 aromatic carbocycles. The molecule has 1 unspecified atom stereocenters. The Morgan fingerprint density at radius 2 is 1.93 bits per heavy atom. The molecule has 3 N–H and O–H groups in total. The molecule has 148 valence electrons. The highest BCUT2D eigenvalue weighted by Crippen LogP contribution is 2.40. The van der Waals surface area contributed by atoms with Crippen molar-refractivity contribution in [2.75, 3.05) is 11.9 Å². The van der Waals surface area contributed by atoms with Crippen LogP contribution in [0.5, 0.6) is 5.75 Å². The largest absolute Gasteiger partial charge is 0.488 e. The molecule has 1 aliphatic heterocycles. The van der Waals surface area contributed by atoms with Crippen molar-refractivity contribution in [3.8, 4) is 5.75 Å². The van der Waals surface area contributed by atoms with Gasteiger partial charge in [-0.2, -0.15) is 0 Å². The third-order valence-electron chi connectivity index (χ3n) is 4.87. The highest BCUT2D eigenvalue weighted by molar-refractivity contribution is 5.98. The Morgan fingerprint density at radius 1 is 1.21 bits per heavy atom. The number of carbonyl (C=O) groups is 2. The zero-order chi connectivity index (χ0) is 20.1. The molecule has 0 fully saturated rings. The number of carboxylic acids is 2. The molecule has 4 rings (SSSR count). The van der Waals surface area contributed by atoms with Crippen LogP contribution in [0, 0.1) is 0 Å². The van der Waals surface area contributed by atoms with E-state index in [1.54, 1.807) is 0 Å². The third-order valence-corrected chi connectivity index (χ3v) is 4.87. The Kier molecular flexibility index (Phi) is 6.13. The molecule has 2 aliphatic rings. The van der Waals surface area contributed by atoms with E-state index in [0.29, 0.717) is 12.2 Å². The number of hydrogen-bond acceptors (Lipinski definition) is 5. The predicted molar refractivity (Wildman–Crippen MR) is 106 cm³/mol. The van der Waals surface area contributed by atoms with Gasteiger partial charge in [0.25, 0.3) is 0 Å². The summed E-state index contributed by atoms with van der Waals surface area (Å²) in [6, 6.07) is 6.24. The zero-order valence-corrected chi connectivity index (χ0v) is 15.8. The van der Waals surface area contributed by atoms with E-state index in [-0.39, 0.29) is 6.10 Å². The molecule has 0 spiro atoms. The molecular weight excluding hydrogens is 360 g/mol. The molecule has 7 nitrogen and oxygen atoms in total. The normalized spacial score (nSPS) is 17.5. The van der Waals surface area contributed by atoms with Gasteiger partial charge in [-0.1, -0.05) is 13.0 Å². The number of aliphatic carboxylic acids is 2. The number of nitrogens with zero attached hydrogens (tertiary/aromatic N) is 1. The number of ether oxygens (including phenoxy) is 1. The molecule has 0 saturated carbocycles. The molecule has 0 radical (unpaired) electrons. The lowest BCUT2D eigenvalue weighted by atomic mass is 9.92. The van der Waals surface area contributed by atoms with Gasteiger partial charge in [0.15, 0.2) is 0 Å². The first kappa shape index (κ1) is 19.7. The lowest BCUT2D eigenvalue weighted by Gasteiger charge is -2.20. The predicted octanol–water partition coefficient (Wildman–Crippen LogP) is 3.41. The zero-order valence-electron chi connectivity index (χ0n) is 15.8. The first-order valence-corrected chi connectivity index (χ1v) is 9.48. The number of pyridine rings is 1. The minimum Gasteiger partial charge on any atom is -0.488 e. The van der Waals surface area contributed by atoms with E-state index >= 15 is 0 Å². The number of aryl methyl sites for hydroxylation is 1. The van der Waals surface area contributed by atoms with Gasteiger partial charge in [-0.15, -0.1) is 0 Å². The number of benzene rings is 1. The van der Waals surface area contributed by atoms with Crippen molar-refractivity contribution in [1.29, 1.82) is 0 Å². The molecule has 7 heteroatoms. The minimum absolute atomic E-state index is 0.243. The van der Waals surface area contributed by atoms with E-state index in [1.807, 2.05) is 0 Å². The van der Waals surface area contributed by atoms with Crippen molar-refractivity contribution in [3.05, 3.63) is 41.6 Å². The van der Waals surface area contributed by atoms with E-state index in [9.17, 15) is 9.59 Å². The van der Waals surface area contributed by atoms with Crippen LogP contribution in [-0.2, 0) is 22.4 Å². The summed E-state index contributed by atoms with van der Waals surface area (Å²) in [5, 5.41) is 20.5. The lowest BCUT2D eigenvalue weighted by molar-refractivity contribution is -0.134. The molecule has 2 aromatic rings. The van der Waals surface area contributed by atoms with Crippen molar-refractivity contribution >= 4 is 28.5 Å². The summed E-state index contributed by atoms with van der Waals surface area (Å²) in [5.41, 5.74) is 5.08. The number of carboxylic acid groups (broad SMARTS) is 2. The Balaban J connectivity index is 0.000000242. The Labute approximate surface area is 163 Å². The highest BCUT2D eigenvalue weighted by atomic mass is 16.5. The van der Waals surface area contributed by atoms with Crippen molar-refractivity contribution in [2.24, 2.45) is 0 Å². The van der Waals surface area contributed by atoms with Crippen molar-refractivity contribution < 1.29 is 24.5 Å². The van der Waals surface area contributed by atoms with Crippen LogP contribution in [0.2, 0.25) is 0 Å². The van der Waals surface area contributed by atoms with Crippen LogP contribution in [0.1, 0.15) is 37.4 Å². The van der Waals surface area contributed by atoms with Gasteiger partial charge in [-0.05, 0) is 49.8 Å². The van der Waals surface area contributed by atoms with Crippen LogP contribution in [-0.4, -0.2) is 39.8 Å². The fourth-order valence-electron chi connectivity index (χ4n) is 3.54. The van der Waals surface area contributed by atoms with E-state index in [2.05, 4.69) is 30.4 Å². The lowest BCUT2D eigenvalue weighted by Crippen LogP contribution is -2.24. The average molecular weight is 384 g/mol. The summed E-state index contributed by atoms with van der Waals surface area (Å²) < 4.78 is 6.17. The van der Waals surface area contributed by atoms with Gasteiger partial charge in [-0.3, -0.25) is 4.98 Å². The Bertz CT molecular complexity index is 907. The second-order valence-corrected chi connectivity index (χ2v) is 6.81. The van der Waals surface area contributed by atoms with E-state index in [0.717, 1.165) is 37.1 Å². The van der Waals surface area contributed by atoms with Gasteiger partial charge >= 0.3 is 11.9 Å². The third kappa shape index (κ3) is 4.42. The van der Waals surface area contributed by atoms with Crippen LogP contribution in [0.25, 0.3) is 10.9 Å². The average Bonchev–Trinajstić information content (AvgIpc) is 2.88. The van der Waals surface area contributed by atoms with Gasteiger partial charge in [0.2, 0.25) is 0 Å². The van der Waals surface area contributed by atoms with Gasteiger partial charge in [0.05, 0.1) is 23.1 Å². The monoisotopic (exact) mass is 384 g/mol. The molecule has 0 amide bonds. The second-order valence-electron chi connectivity index (χ2n) is 6.81. The van der Waals surface area contributed by atoms with Gasteiger partial charge < -0.3 is 20.3 Å². The Hall–Kier alpha value is -3.09. The van der Waals surface area contributed by atoms with Gasteiger partial charge in [-0.25, -0.2) is 9.59 Å². The standard InChI is InChI=1S/C17H20N2O.C4H4O4/c1-2-11-10-18-17-12-6-3-4-7-13(12)19-14-8-5-9-15(20-11)16(14)17;5-3(6)1-2-4(7)8/h5,8-9,11,18H,2-4,6-7,10H2,1H3;1-2H,(H,5,6)(H,7,8)/b;2-1+. The van der Waals surface area contributed by atoms with Gasteiger partial charge in [0, 0.05) is 17.8 Å². The number of hydrogen-bond donors (Lipinski definition) is 3. The molecule has 0 bridgehead atoms. The highest BCUT2D eigenvalue weighted by Gasteiger charge is 2.24. The molecule has 28 heavy (non-hydrogen) atoms. The van der Waals surface area contributed by atoms with Crippen molar-refractivity contribution in [2.45, 2.75) is 45.1 Å². The summed E-state index contributed by atoms with van der Waals surface area (Å²) in [5.74, 6) is -1.52. The number of aromatic nitrogens is 1. The fraction of sp³-hybridized carbons (Fsp3) is 0.381. The van der Waals surface area contributed by atoms with Crippen LogP contribution in [0.3, 0.4) is 0 Å². The maximum atomic E-state index is 9.55. The summed E-state index contributed by atoms with van der Waals surface area (Å²) in [6.07, 6.45) is 7.17. The Morgan fingerprint density at radius 3 is 2.61 bits per heavy atom. The van der Waals surface area contributed by atoms with Crippen LogP contribution >= 0.6 is 0 Å². The maximum Gasteiger partial charge on any atom is 0.328 e. The smallest absolute Gasteiger partial charge is 0.328 e. The van der Waals surface area contributed by atoms with Crippen molar-refractivity contribution in [3.63, 3.8) is 0 Å². The fourth-order valence-corrected chi connectivity index (χ4v) is 3.54. The molecular formula is C21H24N2O5. The van der Waals surface area contributed by atoms with Crippen LogP contribution in [0.15, 0.2) is 30.4 Å². The number of rotatable bonds is 3. The van der Waals surface area contributed by atoms with E-state index < -0.39 is 11.9 Å². The SMILES string of the molecule is CCC1CNc2c3c(nc4cccc(c24)O1)CCCC3.O=C(O)/C=C/C(=O)O. The molecule has 1 aliphatic carbocycles. The molecule has 0 saturated heterocycles. The van der Waals surface area contributed by atoms with Crippen LogP contribution < -0.4 is 10.1 Å². The van der Waals surface area contributed by atoms with Crippen LogP contribution in [0.4, 0.5) is 5.69 Å². The molecule has 1 atom stereocenters. The first-order chi connectivity index (χ1) is 13.5. The summed E-state index contributed by atoms with van der Waals surface area (Å²) in [7, 11) is 0. The molecule has 1 aromatic heterocycles. The summed E-state index contributed by atoms with van der Waals surface area (Å²) in [4.78, 5) is 24.0. The number of anilines is 1. The topological polar surface area (TPSA) is 109 Å². The molecule has 2 heterocycles. The van der Waals surface area contributed by atoms with E-state index in [4.69, 9.17) is 19.9 Å². The second kappa shape index (κ2) is 8.73. The number of fused-ring (bicyclic) bond motifs is 2. The summed E-state index contributed by atoms with van der Waals surface area (Å²) >= 11 is 0. The van der Waals surface area contributed by atoms with Gasteiger partial charge in [0.1, 0.15) is 11.9 Å². The van der Waals surface area contributed by atoms with Crippen molar-refractivity contribution in [1.82, 2.24) is 4.98 Å². The quantitative estimate of drug-likeness (QED) is 0.696.